The van der Waals surface area contributed by atoms with Crippen molar-refractivity contribution in [1.29, 1.82) is 0 Å². The van der Waals surface area contributed by atoms with E-state index in [0.29, 0.717) is 5.75 Å². The van der Waals surface area contributed by atoms with Gasteiger partial charge in [-0.2, -0.15) is 0 Å². The summed E-state index contributed by atoms with van der Waals surface area (Å²) in [5.41, 5.74) is 0. The van der Waals surface area contributed by atoms with Crippen molar-refractivity contribution < 1.29 is 18.5 Å². The fourth-order valence-corrected chi connectivity index (χ4v) is 1.40. The van der Waals surface area contributed by atoms with E-state index in [1.807, 2.05) is 0 Å². The molecule has 1 fully saturated rings. The van der Waals surface area contributed by atoms with Crippen molar-refractivity contribution in [3.63, 3.8) is 0 Å². The van der Waals surface area contributed by atoms with Gasteiger partial charge in [0.15, 0.2) is 6.10 Å². The Kier molecular flexibility index (Phi) is 2.26. The van der Waals surface area contributed by atoms with Crippen LogP contribution in [0.1, 0.15) is 0 Å². The molecule has 0 aliphatic carbocycles. The van der Waals surface area contributed by atoms with Crippen LogP contribution in [0.15, 0.2) is 0 Å². The largest absolute Gasteiger partial charge is 0.508 e. The SMILES string of the molecule is CS(=O)CC1COC(=O)O1. The van der Waals surface area contributed by atoms with Gasteiger partial charge in [-0.3, -0.25) is 4.21 Å². The lowest BCUT2D eigenvalue weighted by Gasteiger charge is -2.00. The molecule has 4 nitrogen and oxygen atoms in total. The quantitative estimate of drug-likeness (QED) is 0.535. The standard InChI is InChI=1S/C5H8O4S/c1-10(7)3-4-2-8-5(6)9-4/h4H,2-3H2,1H3. The summed E-state index contributed by atoms with van der Waals surface area (Å²) in [7, 11) is -0.928. The first-order valence-electron chi connectivity index (χ1n) is 2.82. The van der Waals surface area contributed by atoms with E-state index in [-0.39, 0.29) is 12.7 Å². The van der Waals surface area contributed by atoms with Crippen molar-refractivity contribution in [3.8, 4) is 0 Å². The second kappa shape index (κ2) is 3.01. The lowest BCUT2D eigenvalue weighted by Crippen LogP contribution is -2.18. The number of rotatable bonds is 2. The molecular weight excluding hydrogens is 156 g/mol. The van der Waals surface area contributed by atoms with Gasteiger partial charge in [-0.1, -0.05) is 0 Å². The molecule has 1 rings (SSSR count). The molecule has 10 heavy (non-hydrogen) atoms. The Bertz CT molecular complexity index is 167. The molecule has 58 valence electrons. The predicted molar refractivity (Wildman–Crippen MR) is 35.2 cm³/mol. The molecule has 0 amide bonds. The van der Waals surface area contributed by atoms with Crippen molar-refractivity contribution in [2.45, 2.75) is 6.10 Å². The molecule has 1 saturated heterocycles. The second-order valence-electron chi connectivity index (χ2n) is 2.04. The van der Waals surface area contributed by atoms with Crippen LogP contribution >= 0.6 is 0 Å². The molecule has 2 atom stereocenters. The van der Waals surface area contributed by atoms with Gasteiger partial charge in [0.2, 0.25) is 0 Å². The highest BCUT2D eigenvalue weighted by atomic mass is 32.2. The van der Waals surface area contributed by atoms with Crippen LogP contribution in [-0.4, -0.2) is 35.1 Å². The highest BCUT2D eigenvalue weighted by Crippen LogP contribution is 2.06. The van der Waals surface area contributed by atoms with Crippen molar-refractivity contribution in [3.05, 3.63) is 0 Å². The zero-order valence-electron chi connectivity index (χ0n) is 5.53. The average Bonchev–Trinajstić information content (AvgIpc) is 2.13. The molecule has 0 spiro atoms. The van der Waals surface area contributed by atoms with E-state index in [1.54, 1.807) is 6.26 Å². The number of carbonyl (C=O) groups excluding carboxylic acids is 1. The van der Waals surface area contributed by atoms with Gasteiger partial charge in [0.25, 0.3) is 0 Å². The maximum absolute atomic E-state index is 10.6. The van der Waals surface area contributed by atoms with Gasteiger partial charge in [-0.05, 0) is 0 Å². The molecule has 0 radical (unpaired) electrons. The first-order chi connectivity index (χ1) is 4.68. The first-order valence-corrected chi connectivity index (χ1v) is 4.54. The molecule has 1 aliphatic heterocycles. The molecule has 0 aromatic carbocycles. The molecule has 0 N–H and O–H groups in total. The Balaban J connectivity index is 2.31. The Hall–Kier alpha value is -0.580. The van der Waals surface area contributed by atoms with Crippen LogP contribution in [0.4, 0.5) is 4.79 Å². The van der Waals surface area contributed by atoms with E-state index < -0.39 is 17.0 Å². The minimum atomic E-state index is -0.928. The van der Waals surface area contributed by atoms with Crippen LogP contribution < -0.4 is 0 Å². The van der Waals surface area contributed by atoms with Gasteiger partial charge in [-0.25, -0.2) is 4.79 Å². The topological polar surface area (TPSA) is 52.6 Å². The Labute approximate surface area is 61.0 Å². The van der Waals surface area contributed by atoms with E-state index in [0.717, 1.165) is 0 Å². The van der Waals surface area contributed by atoms with Gasteiger partial charge >= 0.3 is 6.16 Å². The third kappa shape index (κ3) is 1.98. The fourth-order valence-electron chi connectivity index (χ4n) is 0.709. The summed E-state index contributed by atoms with van der Waals surface area (Å²) in [6, 6.07) is 0. The molecule has 1 heterocycles. The summed E-state index contributed by atoms with van der Waals surface area (Å²) in [6.45, 7) is 0.235. The Morgan fingerprint density at radius 2 is 2.50 bits per heavy atom. The normalized spacial score (nSPS) is 27.3. The van der Waals surface area contributed by atoms with E-state index in [2.05, 4.69) is 9.47 Å². The summed E-state index contributed by atoms with van der Waals surface area (Å²) >= 11 is 0. The Morgan fingerprint density at radius 3 is 2.90 bits per heavy atom. The highest BCUT2D eigenvalue weighted by molar-refractivity contribution is 7.84. The van der Waals surface area contributed by atoms with Gasteiger partial charge in [0.05, 0.1) is 5.75 Å². The van der Waals surface area contributed by atoms with Crippen molar-refractivity contribution in [2.24, 2.45) is 0 Å². The number of carbonyl (C=O) groups is 1. The molecule has 0 aromatic rings. The minimum absolute atomic E-state index is 0.235. The number of ether oxygens (including phenoxy) is 2. The fraction of sp³-hybridized carbons (Fsp3) is 0.800. The predicted octanol–water partition coefficient (Wildman–Crippen LogP) is -0.0997. The maximum atomic E-state index is 10.6. The summed E-state index contributed by atoms with van der Waals surface area (Å²) in [5.74, 6) is 0.367. The van der Waals surface area contributed by atoms with Gasteiger partial charge in [-0.15, -0.1) is 0 Å². The van der Waals surface area contributed by atoms with Crippen LogP contribution in [0.25, 0.3) is 0 Å². The first kappa shape index (κ1) is 7.53. The lowest BCUT2D eigenvalue weighted by molar-refractivity contribution is 0.122. The third-order valence-electron chi connectivity index (χ3n) is 1.07. The molecule has 0 saturated carbocycles. The van der Waals surface area contributed by atoms with Crippen LogP contribution in [-0.2, 0) is 20.3 Å². The van der Waals surface area contributed by atoms with E-state index in [4.69, 9.17) is 0 Å². The monoisotopic (exact) mass is 164 g/mol. The van der Waals surface area contributed by atoms with Crippen LogP contribution in [0.5, 0.6) is 0 Å². The summed E-state index contributed by atoms with van der Waals surface area (Å²) in [5, 5.41) is 0. The number of cyclic esters (lactones) is 2. The van der Waals surface area contributed by atoms with Crippen LogP contribution in [0.2, 0.25) is 0 Å². The van der Waals surface area contributed by atoms with Gasteiger partial charge < -0.3 is 9.47 Å². The van der Waals surface area contributed by atoms with Crippen molar-refractivity contribution >= 4 is 17.0 Å². The van der Waals surface area contributed by atoms with Crippen molar-refractivity contribution in [2.75, 3.05) is 18.6 Å². The highest BCUT2D eigenvalue weighted by Gasteiger charge is 2.25. The van der Waals surface area contributed by atoms with Crippen molar-refractivity contribution in [1.82, 2.24) is 0 Å². The van der Waals surface area contributed by atoms with Crippen LogP contribution in [0.3, 0.4) is 0 Å². The molecule has 5 heteroatoms. The van der Waals surface area contributed by atoms with E-state index >= 15 is 0 Å². The smallest absolute Gasteiger partial charge is 0.430 e. The summed E-state index contributed by atoms with van der Waals surface area (Å²) in [4.78, 5) is 10.3. The lowest BCUT2D eigenvalue weighted by atomic mass is 10.4. The van der Waals surface area contributed by atoms with E-state index in [9.17, 15) is 9.00 Å². The second-order valence-corrected chi connectivity index (χ2v) is 3.52. The van der Waals surface area contributed by atoms with Gasteiger partial charge in [0.1, 0.15) is 6.61 Å². The zero-order chi connectivity index (χ0) is 7.56. The third-order valence-corrected chi connectivity index (χ3v) is 1.91. The molecule has 0 aromatic heterocycles. The number of hydrogen-bond acceptors (Lipinski definition) is 4. The molecule has 0 bridgehead atoms. The molecule has 1 aliphatic rings. The summed E-state index contributed by atoms with van der Waals surface area (Å²) < 4.78 is 19.7. The minimum Gasteiger partial charge on any atom is -0.430 e. The number of hydrogen-bond donors (Lipinski definition) is 0. The molecular formula is C5H8O4S. The van der Waals surface area contributed by atoms with Crippen LogP contribution in [0, 0.1) is 0 Å². The average molecular weight is 164 g/mol. The maximum Gasteiger partial charge on any atom is 0.508 e. The van der Waals surface area contributed by atoms with E-state index in [1.165, 1.54) is 0 Å². The summed E-state index contributed by atoms with van der Waals surface area (Å²) in [6.07, 6.45) is 0.598. The Morgan fingerprint density at radius 1 is 1.80 bits per heavy atom. The van der Waals surface area contributed by atoms with Gasteiger partial charge in [0, 0.05) is 17.1 Å². The molecule has 2 unspecified atom stereocenters. The zero-order valence-corrected chi connectivity index (χ0v) is 6.35.